The molecule has 0 aromatic heterocycles. The van der Waals surface area contributed by atoms with Crippen LogP contribution in [0.5, 0.6) is 5.75 Å². The topological polar surface area (TPSA) is 124 Å². The maximum Gasteiger partial charge on any atom is 0.408 e. The number of thioether (sulfide) groups is 1. The van der Waals surface area contributed by atoms with Gasteiger partial charge in [-0.15, -0.1) is 11.8 Å². The standard InChI is InChI=1S/C38H38N2O8S/c1-24-32(23-49-33-11-7-6-10-31(33)45-2)47-37(48-35(24)27-14-12-25(21-41)13-15-27)28-16-18-29(19-17-28)40-34(42)20-30(36(40)43)39-38(44)46-22-26-8-4-3-5-9-26/h3-19,24,30,32,35,37,41H,20-23H2,1-2H3,(H,39,44)/t24-,30?,32+,35+,37+/m0/s1. The first-order valence-electron chi connectivity index (χ1n) is 16.0. The first-order chi connectivity index (χ1) is 23.8. The molecule has 0 saturated carbocycles. The number of hydrogen-bond donors (Lipinski definition) is 2. The average molecular weight is 683 g/mol. The van der Waals surface area contributed by atoms with Gasteiger partial charge in [-0.2, -0.15) is 0 Å². The summed E-state index contributed by atoms with van der Waals surface area (Å²) in [5, 5.41) is 12.1. The molecule has 254 valence electrons. The van der Waals surface area contributed by atoms with Gasteiger partial charge in [0.15, 0.2) is 6.29 Å². The zero-order valence-electron chi connectivity index (χ0n) is 27.2. The normalized spacial score (nSPS) is 22.2. The lowest BCUT2D eigenvalue weighted by Crippen LogP contribution is -2.42. The molecule has 2 aliphatic rings. The van der Waals surface area contributed by atoms with Crippen molar-refractivity contribution in [3.05, 3.63) is 125 Å². The average Bonchev–Trinajstić information content (AvgIpc) is 3.42. The summed E-state index contributed by atoms with van der Waals surface area (Å²) in [4.78, 5) is 40.7. The molecule has 2 fully saturated rings. The number of para-hydroxylation sites is 1. The van der Waals surface area contributed by atoms with Gasteiger partial charge in [0.1, 0.15) is 18.4 Å². The van der Waals surface area contributed by atoms with E-state index in [1.54, 1.807) is 43.1 Å². The summed E-state index contributed by atoms with van der Waals surface area (Å²) in [7, 11) is 1.65. The van der Waals surface area contributed by atoms with E-state index in [4.69, 9.17) is 18.9 Å². The number of imide groups is 1. The summed E-state index contributed by atoms with van der Waals surface area (Å²) in [5.74, 6) is 0.464. The summed E-state index contributed by atoms with van der Waals surface area (Å²) in [5.41, 5.74) is 3.69. The van der Waals surface area contributed by atoms with Crippen molar-refractivity contribution in [3.8, 4) is 5.75 Å². The van der Waals surface area contributed by atoms with Gasteiger partial charge in [0.2, 0.25) is 5.91 Å². The van der Waals surface area contributed by atoms with Gasteiger partial charge in [-0.05, 0) is 41.0 Å². The highest BCUT2D eigenvalue weighted by molar-refractivity contribution is 7.99. The van der Waals surface area contributed by atoms with Gasteiger partial charge < -0.3 is 29.4 Å². The van der Waals surface area contributed by atoms with Crippen LogP contribution in [0.25, 0.3) is 0 Å². The predicted molar refractivity (Wildman–Crippen MR) is 184 cm³/mol. The van der Waals surface area contributed by atoms with Crippen molar-refractivity contribution >= 4 is 35.4 Å². The molecule has 0 aliphatic carbocycles. The monoisotopic (exact) mass is 682 g/mol. The zero-order valence-corrected chi connectivity index (χ0v) is 28.0. The Morgan fingerprint density at radius 1 is 0.898 bits per heavy atom. The van der Waals surface area contributed by atoms with Crippen molar-refractivity contribution in [2.75, 3.05) is 17.8 Å². The number of hydrogen-bond acceptors (Lipinski definition) is 9. The predicted octanol–water partition coefficient (Wildman–Crippen LogP) is 6.33. The highest BCUT2D eigenvalue weighted by Crippen LogP contribution is 2.44. The molecular weight excluding hydrogens is 644 g/mol. The highest BCUT2D eigenvalue weighted by Gasteiger charge is 2.42. The molecule has 0 bridgehead atoms. The van der Waals surface area contributed by atoms with Crippen molar-refractivity contribution in [3.63, 3.8) is 0 Å². The Hall–Kier alpha value is -4.68. The number of rotatable bonds is 11. The molecule has 49 heavy (non-hydrogen) atoms. The summed E-state index contributed by atoms with van der Waals surface area (Å²) in [6.45, 7) is 2.10. The van der Waals surface area contributed by atoms with E-state index < -0.39 is 30.2 Å². The zero-order chi connectivity index (χ0) is 34.3. The SMILES string of the molecule is COc1ccccc1SC[C@H]1O[C@@H](c2ccc(N3C(=O)CC(NC(=O)OCc4ccccc4)C3=O)cc2)O[C@@H](c2ccc(CO)cc2)[C@H]1C. The number of amides is 3. The third-order valence-corrected chi connectivity index (χ3v) is 9.81. The Bertz CT molecular complexity index is 1750. The number of nitrogens with zero attached hydrogens (tertiary/aromatic N) is 1. The molecule has 2 N–H and O–H groups in total. The minimum Gasteiger partial charge on any atom is -0.496 e. The second-order valence-electron chi connectivity index (χ2n) is 11.9. The van der Waals surface area contributed by atoms with E-state index in [1.807, 2.05) is 78.9 Å². The molecule has 0 radical (unpaired) electrons. The van der Waals surface area contributed by atoms with Gasteiger partial charge in [0.05, 0.1) is 38.0 Å². The lowest BCUT2D eigenvalue weighted by Gasteiger charge is -2.41. The minimum atomic E-state index is -1.03. The molecule has 1 unspecified atom stereocenters. The molecule has 4 aromatic carbocycles. The number of nitrogens with one attached hydrogen (secondary N) is 1. The molecule has 11 heteroatoms. The second-order valence-corrected chi connectivity index (χ2v) is 13.0. The van der Waals surface area contributed by atoms with Crippen molar-refractivity contribution in [2.24, 2.45) is 5.92 Å². The van der Waals surface area contributed by atoms with Crippen molar-refractivity contribution in [1.82, 2.24) is 5.32 Å². The molecule has 2 saturated heterocycles. The lowest BCUT2D eigenvalue weighted by molar-refractivity contribution is -0.268. The van der Waals surface area contributed by atoms with E-state index in [2.05, 4.69) is 12.2 Å². The summed E-state index contributed by atoms with van der Waals surface area (Å²) in [6.07, 6.45) is -2.17. The number of ether oxygens (including phenoxy) is 4. The van der Waals surface area contributed by atoms with Gasteiger partial charge in [0, 0.05) is 22.1 Å². The molecule has 0 spiro atoms. The third-order valence-electron chi connectivity index (χ3n) is 8.67. The number of aliphatic hydroxyl groups excluding tert-OH is 1. The Balaban J connectivity index is 1.15. The van der Waals surface area contributed by atoms with Gasteiger partial charge in [-0.1, -0.05) is 85.8 Å². The van der Waals surface area contributed by atoms with Crippen molar-refractivity contribution in [2.45, 2.75) is 56.0 Å². The van der Waals surface area contributed by atoms with E-state index in [1.165, 1.54) is 0 Å². The van der Waals surface area contributed by atoms with Crippen LogP contribution in [0.1, 0.15) is 48.0 Å². The molecule has 2 heterocycles. The van der Waals surface area contributed by atoms with Crippen LogP contribution in [-0.4, -0.2) is 48.0 Å². The Morgan fingerprint density at radius 3 is 2.31 bits per heavy atom. The Morgan fingerprint density at radius 2 is 1.59 bits per heavy atom. The van der Waals surface area contributed by atoms with Crippen LogP contribution in [0.15, 0.2) is 108 Å². The van der Waals surface area contributed by atoms with Crippen LogP contribution in [0, 0.1) is 5.92 Å². The van der Waals surface area contributed by atoms with Crippen molar-refractivity contribution in [1.29, 1.82) is 0 Å². The first-order valence-corrected chi connectivity index (χ1v) is 17.0. The van der Waals surface area contributed by atoms with Crippen LogP contribution in [-0.2, 0) is 37.0 Å². The number of aliphatic hydroxyl groups is 1. The second kappa shape index (κ2) is 15.7. The number of alkyl carbamates (subject to hydrolysis) is 1. The number of benzene rings is 4. The maximum absolute atomic E-state index is 13.2. The van der Waals surface area contributed by atoms with Crippen LogP contribution in [0.4, 0.5) is 10.5 Å². The van der Waals surface area contributed by atoms with E-state index >= 15 is 0 Å². The first kappa shape index (κ1) is 34.2. The summed E-state index contributed by atoms with van der Waals surface area (Å²) >= 11 is 1.65. The summed E-state index contributed by atoms with van der Waals surface area (Å²) < 4.78 is 23.9. The van der Waals surface area contributed by atoms with Gasteiger partial charge in [-0.25, -0.2) is 9.69 Å². The van der Waals surface area contributed by atoms with Crippen LogP contribution in [0.3, 0.4) is 0 Å². The molecule has 6 rings (SSSR count). The van der Waals surface area contributed by atoms with Crippen LogP contribution >= 0.6 is 11.8 Å². The van der Waals surface area contributed by atoms with Gasteiger partial charge in [0.25, 0.3) is 5.91 Å². The highest BCUT2D eigenvalue weighted by atomic mass is 32.2. The molecule has 3 amide bonds. The number of methoxy groups -OCH3 is 1. The molecule has 10 nitrogen and oxygen atoms in total. The fourth-order valence-electron chi connectivity index (χ4n) is 5.92. The number of anilines is 1. The minimum absolute atomic E-state index is 0.0126. The Kier molecular flexibility index (Phi) is 10.9. The van der Waals surface area contributed by atoms with Crippen LogP contribution < -0.4 is 15.0 Å². The molecule has 4 aromatic rings. The van der Waals surface area contributed by atoms with Gasteiger partial charge >= 0.3 is 6.09 Å². The van der Waals surface area contributed by atoms with E-state index in [-0.39, 0.29) is 37.8 Å². The molecular formula is C38H38N2O8S. The van der Waals surface area contributed by atoms with E-state index in [0.29, 0.717) is 11.4 Å². The fraction of sp³-hybridized carbons (Fsp3) is 0.289. The maximum atomic E-state index is 13.2. The van der Waals surface area contributed by atoms with Crippen molar-refractivity contribution < 1.29 is 38.4 Å². The van der Waals surface area contributed by atoms with Gasteiger partial charge in [-0.3, -0.25) is 9.59 Å². The molecule has 2 aliphatic heterocycles. The Labute approximate surface area is 289 Å². The fourth-order valence-corrected chi connectivity index (χ4v) is 7.12. The summed E-state index contributed by atoms with van der Waals surface area (Å²) in [6, 6.07) is 30.6. The van der Waals surface area contributed by atoms with E-state index in [0.717, 1.165) is 37.8 Å². The quantitative estimate of drug-likeness (QED) is 0.138. The van der Waals surface area contributed by atoms with Crippen LogP contribution in [0.2, 0.25) is 0 Å². The smallest absolute Gasteiger partial charge is 0.408 e. The number of carbonyl (C=O) groups excluding carboxylic acids is 3. The lowest BCUT2D eigenvalue weighted by atomic mass is 9.91. The largest absolute Gasteiger partial charge is 0.496 e. The van der Waals surface area contributed by atoms with E-state index in [9.17, 15) is 19.5 Å². The molecule has 5 atom stereocenters. The third kappa shape index (κ3) is 7.97. The number of carbonyl (C=O) groups is 3.